The number of halogens is 6. The number of hydrogen-bond acceptors (Lipinski definition) is 1. The zero-order valence-electron chi connectivity index (χ0n) is 14.7. The molecule has 29 heavy (non-hydrogen) atoms. The highest BCUT2D eigenvalue weighted by atomic mass is 36.0. The maximum Gasteiger partial charge on any atom is 0.290 e. The molecule has 0 aliphatic rings. The van der Waals surface area contributed by atoms with Gasteiger partial charge >= 0.3 is 0 Å². The molecule has 3 aromatic rings. The second-order valence-electron chi connectivity index (χ2n) is 5.70. The van der Waals surface area contributed by atoms with E-state index in [2.05, 4.69) is 4.52 Å². The van der Waals surface area contributed by atoms with E-state index in [0.717, 1.165) is 15.9 Å². The van der Waals surface area contributed by atoms with Gasteiger partial charge in [0.2, 0.25) is 12.5 Å². The van der Waals surface area contributed by atoms with Gasteiger partial charge in [-0.25, -0.2) is 0 Å². The predicted molar refractivity (Wildman–Crippen MR) is 133 cm³/mol. The molecule has 0 saturated heterocycles. The Balaban J connectivity index is 0.00000300. The van der Waals surface area contributed by atoms with Crippen LogP contribution in [0.25, 0.3) is 0 Å². The van der Waals surface area contributed by atoms with Gasteiger partial charge < -0.3 is 12.4 Å². The van der Waals surface area contributed by atoms with Crippen molar-refractivity contribution in [1.82, 2.24) is 0 Å². The molecule has 0 spiro atoms. The van der Waals surface area contributed by atoms with Gasteiger partial charge in [-0.15, -0.1) is 0 Å². The Labute approximate surface area is 201 Å². The molecule has 11 heteroatoms. The molecule has 0 N–H and O–H groups in total. The summed E-state index contributed by atoms with van der Waals surface area (Å²) in [6.07, 6.45) is 0. The molecule has 0 atom stereocenters. The zero-order valence-corrected chi connectivity index (χ0v) is 21.9. The van der Waals surface area contributed by atoms with Gasteiger partial charge in [-0.1, -0.05) is 59.1 Å². The number of benzene rings is 3. The van der Waals surface area contributed by atoms with E-state index in [1.165, 1.54) is 0 Å². The first-order chi connectivity index (χ1) is 13.2. The van der Waals surface area contributed by atoms with E-state index >= 15 is 0 Å². The summed E-state index contributed by atoms with van der Waals surface area (Å²) in [6.45, 7) is 0. The standard InChI is InChI=1S/C18H15Cl5N2P3.ClH/c19-27(20,21)25-28(22,23)24-26(16-10-4-1-5-11-16,17-12-6-2-7-13-17)18-14-8-3-9-15-18;/h1-15H;1H/q+1;/p-1. The van der Waals surface area contributed by atoms with Crippen molar-refractivity contribution in [1.29, 1.82) is 0 Å². The van der Waals surface area contributed by atoms with Crippen LogP contribution in [-0.4, -0.2) is 0 Å². The van der Waals surface area contributed by atoms with Gasteiger partial charge in [0.1, 0.15) is 15.9 Å². The third-order valence-corrected chi connectivity index (χ3v) is 14.8. The summed E-state index contributed by atoms with van der Waals surface area (Å²) in [5.41, 5.74) is 0. The monoisotopic (exact) mass is 562 g/mol. The van der Waals surface area contributed by atoms with Crippen LogP contribution < -0.4 is 28.3 Å². The first kappa shape index (κ1) is 25.5. The Morgan fingerprint density at radius 1 is 0.552 bits per heavy atom. The van der Waals surface area contributed by atoms with Gasteiger partial charge in [0.05, 0.1) is 0 Å². The minimum absolute atomic E-state index is 0. The second kappa shape index (κ2) is 10.7. The van der Waals surface area contributed by atoms with Crippen LogP contribution in [0.4, 0.5) is 0 Å². The van der Waals surface area contributed by atoms with Crippen LogP contribution in [0.1, 0.15) is 0 Å². The molecule has 0 aliphatic heterocycles. The van der Waals surface area contributed by atoms with Crippen LogP contribution >= 0.6 is 74.6 Å². The Morgan fingerprint density at radius 2 is 0.862 bits per heavy atom. The minimum atomic E-state index is -3.28. The number of hydrogen-bond donors (Lipinski definition) is 0. The minimum Gasteiger partial charge on any atom is -1.00 e. The van der Waals surface area contributed by atoms with E-state index in [4.69, 9.17) is 60.7 Å². The molecule has 0 radical (unpaired) electrons. The molecule has 0 aliphatic carbocycles. The fourth-order valence-corrected chi connectivity index (χ4v) is 17.7. The smallest absolute Gasteiger partial charge is 0.290 e. The third kappa shape index (κ3) is 6.63. The summed E-state index contributed by atoms with van der Waals surface area (Å²) in [6, 6.07) is 29.8. The van der Waals surface area contributed by atoms with E-state index in [-0.39, 0.29) is 12.4 Å². The average Bonchev–Trinajstić information content (AvgIpc) is 2.66. The first-order valence-electron chi connectivity index (χ1n) is 8.05. The van der Waals surface area contributed by atoms with Crippen molar-refractivity contribution in [3.63, 3.8) is 0 Å². The summed E-state index contributed by atoms with van der Waals surface area (Å²) >= 11 is 31.1. The van der Waals surface area contributed by atoms with Gasteiger partial charge in [-0.05, 0) is 92.6 Å². The fraction of sp³-hybridized carbons (Fsp3) is 0. The van der Waals surface area contributed by atoms with Crippen LogP contribution in [0, 0.1) is 0 Å². The molecule has 0 heterocycles. The summed E-state index contributed by atoms with van der Waals surface area (Å²) < 4.78 is 9.11. The molecule has 0 amide bonds. The topological polar surface area (TPSA) is 24.7 Å². The van der Waals surface area contributed by atoms with E-state index in [1.807, 2.05) is 91.0 Å². The summed E-state index contributed by atoms with van der Waals surface area (Å²) in [5.74, 6) is -3.28. The van der Waals surface area contributed by atoms with E-state index in [0.29, 0.717) is 0 Å². The van der Waals surface area contributed by atoms with E-state index in [9.17, 15) is 0 Å². The van der Waals surface area contributed by atoms with Crippen LogP contribution in [0.3, 0.4) is 0 Å². The van der Waals surface area contributed by atoms with Crippen LogP contribution in [0.2, 0.25) is 0 Å². The van der Waals surface area contributed by atoms with Crippen molar-refractivity contribution in [3.8, 4) is 0 Å². The van der Waals surface area contributed by atoms with Crippen molar-refractivity contribution in [2.75, 3.05) is 0 Å². The Hall–Kier alpha value is 0.290. The number of nitrogens with zero attached hydrogens (tertiary/aromatic N) is 2. The normalized spacial score (nSPS) is 12.0. The summed E-state index contributed by atoms with van der Waals surface area (Å²) in [5, 5.41) is -0.158. The van der Waals surface area contributed by atoms with Crippen molar-refractivity contribution >= 4 is 90.6 Å². The highest BCUT2D eigenvalue weighted by Crippen LogP contribution is 2.80. The van der Waals surface area contributed by atoms with Gasteiger partial charge in [-0.2, -0.15) is 4.52 Å². The van der Waals surface area contributed by atoms with Gasteiger partial charge in [-0.3, -0.25) is 0 Å². The predicted octanol–water partition coefficient (Wildman–Crippen LogP) is 5.99. The fourth-order valence-electron chi connectivity index (χ4n) is 2.83. The molecule has 154 valence electrons. The van der Waals surface area contributed by atoms with Crippen LogP contribution in [0.5, 0.6) is 0 Å². The second-order valence-corrected chi connectivity index (χ2v) is 21.0. The largest absolute Gasteiger partial charge is 1.00 e. The first-order valence-corrected chi connectivity index (χ1v) is 17.8. The molecule has 0 aromatic heterocycles. The van der Waals surface area contributed by atoms with Crippen molar-refractivity contribution in [3.05, 3.63) is 91.0 Å². The lowest BCUT2D eigenvalue weighted by Gasteiger charge is -2.23. The van der Waals surface area contributed by atoms with E-state index < -0.39 is 18.4 Å². The molecule has 0 bridgehead atoms. The molecule has 3 aromatic carbocycles. The Kier molecular flexibility index (Phi) is 9.46. The maximum absolute atomic E-state index is 6.60. The van der Waals surface area contributed by atoms with Crippen molar-refractivity contribution < 1.29 is 12.4 Å². The van der Waals surface area contributed by atoms with E-state index in [1.54, 1.807) is 0 Å². The lowest BCUT2D eigenvalue weighted by Crippen LogP contribution is -3.00. The lowest BCUT2D eigenvalue weighted by molar-refractivity contribution is -0.00000521. The van der Waals surface area contributed by atoms with Gasteiger partial charge in [0.15, 0.2) is 0 Å². The molecular weight excluding hydrogens is 550 g/mol. The van der Waals surface area contributed by atoms with Crippen LogP contribution in [0.15, 0.2) is 100 Å². The van der Waals surface area contributed by atoms with Gasteiger partial charge in [0, 0.05) is 0 Å². The molecule has 3 rings (SSSR count). The lowest BCUT2D eigenvalue weighted by atomic mass is 10.4. The maximum atomic E-state index is 6.60. The highest BCUT2D eigenvalue weighted by molar-refractivity contribution is 8.30. The summed E-state index contributed by atoms with van der Waals surface area (Å²) in [4.78, 5) is 0. The summed E-state index contributed by atoms with van der Waals surface area (Å²) in [7, 11) is -2.60. The average molecular weight is 565 g/mol. The van der Waals surface area contributed by atoms with Crippen LogP contribution in [-0.2, 0) is 0 Å². The molecule has 2 nitrogen and oxygen atoms in total. The SMILES string of the molecule is ClP(Cl)(Cl)=NP(Cl)(Cl)=N[P+](c1ccccc1)(c1ccccc1)c1ccccc1.[Cl-]. The molecular formula is C18H15Cl6N2P3. The van der Waals surface area contributed by atoms with Crippen molar-refractivity contribution in [2.24, 2.45) is 9.03 Å². The quantitative estimate of drug-likeness (QED) is 0.340. The molecule has 0 fully saturated rings. The molecule has 0 unspecified atom stereocenters. The highest BCUT2D eigenvalue weighted by Gasteiger charge is 2.48. The van der Waals surface area contributed by atoms with Gasteiger partial charge in [0.25, 0.3) is 5.91 Å². The third-order valence-electron chi connectivity index (χ3n) is 3.84. The Morgan fingerprint density at radius 3 is 1.14 bits per heavy atom. The Bertz CT molecular complexity index is 932. The molecule has 0 saturated carbocycles. The number of rotatable bonds is 5. The van der Waals surface area contributed by atoms with Crippen molar-refractivity contribution in [2.45, 2.75) is 0 Å². The zero-order chi connectivity index (χ0) is 20.3.